The lowest BCUT2D eigenvalue weighted by Gasteiger charge is -2.08. The first-order chi connectivity index (χ1) is 7.83. The molecule has 1 aromatic heterocycles. The second-order valence-corrected chi connectivity index (χ2v) is 3.43. The summed E-state index contributed by atoms with van der Waals surface area (Å²) in [6.07, 6.45) is 0.996. The molecule has 16 heavy (non-hydrogen) atoms. The molecule has 0 spiro atoms. The minimum atomic E-state index is 0.379. The highest BCUT2D eigenvalue weighted by atomic mass is 16.5. The van der Waals surface area contributed by atoms with Crippen LogP contribution < -0.4 is 5.73 Å². The third-order valence-corrected chi connectivity index (χ3v) is 2.19. The summed E-state index contributed by atoms with van der Waals surface area (Å²) in [6.45, 7) is 4.98. The Kier molecular flexibility index (Phi) is 5.99. The number of hydrogen-bond acceptors (Lipinski definition) is 5. The van der Waals surface area contributed by atoms with E-state index >= 15 is 0 Å². The van der Waals surface area contributed by atoms with E-state index < -0.39 is 0 Å². The second kappa shape index (κ2) is 7.32. The molecule has 0 bridgehead atoms. The molecule has 0 aromatic carbocycles. The van der Waals surface area contributed by atoms with Gasteiger partial charge in [-0.3, -0.25) is 0 Å². The molecule has 0 atom stereocenters. The van der Waals surface area contributed by atoms with Gasteiger partial charge in [0, 0.05) is 20.3 Å². The van der Waals surface area contributed by atoms with Gasteiger partial charge in [0.1, 0.15) is 12.4 Å². The number of hydrogen-bond donors (Lipinski definition) is 1. The molecule has 0 amide bonds. The monoisotopic (exact) mass is 228 g/mol. The zero-order valence-electron chi connectivity index (χ0n) is 9.98. The average molecular weight is 228 g/mol. The van der Waals surface area contributed by atoms with Crippen LogP contribution in [0.1, 0.15) is 25.0 Å². The summed E-state index contributed by atoms with van der Waals surface area (Å²) in [5.74, 6) is 1.58. The molecule has 6 nitrogen and oxygen atoms in total. The number of nitrogens with zero attached hydrogens (tertiary/aromatic N) is 3. The fourth-order valence-corrected chi connectivity index (χ4v) is 1.38. The van der Waals surface area contributed by atoms with Crippen LogP contribution in [0.15, 0.2) is 0 Å². The van der Waals surface area contributed by atoms with E-state index in [9.17, 15) is 0 Å². The Morgan fingerprint density at radius 1 is 1.25 bits per heavy atom. The summed E-state index contributed by atoms with van der Waals surface area (Å²) >= 11 is 0. The van der Waals surface area contributed by atoms with Gasteiger partial charge in [-0.15, -0.1) is 10.2 Å². The van der Waals surface area contributed by atoms with Gasteiger partial charge >= 0.3 is 0 Å². The smallest absolute Gasteiger partial charge is 0.159 e. The van der Waals surface area contributed by atoms with E-state index in [4.69, 9.17) is 15.2 Å². The minimum absolute atomic E-state index is 0.379. The van der Waals surface area contributed by atoms with Crippen molar-refractivity contribution in [1.29, 1.82) is 0 Å². The highest BCUT2D eigenvalue weighted by molar-refractivity contribution is 4.94. The van der Waals surface area contributed by atoms with Crippen molar-refractivity contribution >= 4 is 0 Å². The molecule has 0 aliphatic carbocycles. The molecule has 1 heterocycles. The number of nitrogens with two attached hydrogens (primary N) is 1. The molecule has 1 aromatic rings. The molecule has 92 valence electrons. The van der Waals surface area contributed by atoms with Gasteiger partial charge in [0.05, 0.1) is 13.2 Å². The number of methoxy groups -OCH3 is 1. The highest BCUT2D eigenvalue weighted by Crippen LogP contribution is 2.04. The molecule has 0 aliphatic heterocycles. The normalized spacial score (nSPS) is 10.9. The van der Waals surface area contributed by atoms with Crippen molar-refractivity contribution in [2.24, 2.45) is 5.73 Å². The second-order valence-electron chi connectivity index (χ2n) is 3.43. The molecular weight excluding hydrogens is 208 g/mol. The van der Waals surface area contributed by atoms with E-state index in [0.717, 1.165) is 24.7 Å². The van der Waals surface area contributed by atoms with Crippen LogP contribution >= 0.6 is 0 Å². The van der Waals surface area contributed by atoms with Crippen LogP contribution in [-0.2, 0) is 29.2 Å². The maximum Gasteiger partial charge on any atom is 0.159 e. The van der Waals surface area contributed by atoms with Crippen LogP contribution in [-0.4, -0.2) is 35.1 Å². The van der Waals surface area contributed by atoms with Gasteiger partial charge < -0.3 is 19.8 Å². The predicted octanol–water partition coefficient (Wildman–Crippen LogP) is 0.310. The largest absolute Gasteiger partial charge is 0.383 e. The first-order valence-electron chi connectivity index (χ1n) is 5.51. The molecule has 0 fully saturated rings. The molecular formula is C10H20N4O2. The standard InChI is InChI=1S/C10H20N4O2/c1-3-5-16-8-10-13-12-9(7-11)14(10)4-6-15-2/h3-8,11H2,1-2H3. The lowest BCUT2D eigenvalue weighted by molar-refractivity contribution is 0.111. The van der Waals surface area contributed by atoms with Gasteiger partial charge in [-0.1, -0.05) is 6.92 Å². The van der Waals surface area contributed by atoms with Crippen LogP contribution in [0.5, 0.6) is 0 Å². The number of ether oxygens (including phenoxy) is 2. The molecule has 0 saturated carbocycles. The van der Waals surface area contributed by atoms with Crippen LogP contribution in [0.4, 0.5) is 0 Å². The summed E-state index contributed by atoms with van der Waals surface area (Å²) in [6, 6.07) is 0. The minimum Gasteiger partial charge on any atom is -0.383 e. The van der Waals surface area contributed by atoms with Gasteiger partial charge in [0.25, 0.3) is 0 Å². The van der Waals surface area contributed by atoms with Crippen LogP contribution in [0.25, 0.3) is 0 Å². The quantitative estimate of drug-likeness (QED) is 0.648. The van der Waals surface area contributed by atoms with Crippen molar-refractivity contribution in [3.63, 3.8) is 0 Å². The number of rotatable bonds is 8. The zero-order chi connectivity index (χ0) is 11.8. The topological polar surface area (TPSA) is 75.2 Å². The first-order valence-corrected chi connectivity index (χ1v) is 5.51. The first kappa shape index (κ1) is 13.1. The molecule has 2 N–H and O–H groups in total. The number of aromatic nitrogens is 3. The van der Waals surface area contributed by atoms with Gasteiger partial charge in [-0.05, 0) is 6.42 Å². The van der Waals surface area contributed by atoms with E-state index in [-0.39, 0.29) is 0 Å². The van der Waals surface area contributed by atoms with E-state index in [0.29, 0.717) is 26.3 Å². The fourth-order valence-electron chi connectivity index (χ4n) is 1.38. The van der Waals surface area contributed by atoms with Gasteiger partial charge in [-0.2, -0.15) is 0 Å². The molecule has 0 unspecified atom stereocenters. The molecule has 0 radical (unpaired) electrons. The molecule has 1 rings (SSSR count). The van der Waals surface area contributed by atoms with Crippen LogP contribution in [0.2, 0.25) is 0 Å². The predicted molar refractivity (Wildman–Crippen MR) is 59.7 cm³/mol. The maximum absolute atomic E-state index is 5.59. The highest BCUT2D eigenvalue weighted by Gasteiger charge is 2.10. The SMILES string of the molecule is CCCOCc1nnc(CN)n1CCOC. The van der Waals surface area contributed by atoms with E-state index in [1.54, 1.807) is 7.11 Å². The fraction of sp³-hybridized carbons (Fsp3) is 0.800. The lowest BCUT2D eigenvalue weighted by atomic mass is 10.5. The van der Waals surface area contributed by atoms with Crippen molar-refractivity contribution in [2.45, 2.75) is 33.0 Å². The van der Waals surface area contributed by atoms with E-state index in [1.807, 2.05) is 4.57 Å². The summed E-state index contributed by atoms with van der Waals surface area (Å²) < 4.78 is 12.4. The Labute approximate surface area is 95.7 Å². The maximum atomic E-state index is 5.59. The van der Waals surface area contributed by atoms with Crippen molar-refractivity contribution in [1.82, 2.24) is 14.8 Å². The van der Waals surface area contributed by atoms with Crippen molar-refractivity contribution in [3.05, 3.63) is 11.6 Å². The lowest BCUT2D eigenvalue weighted by Crippen LogP contribution is -2.15. The van der Waals surface area contributed by atoms with Crippen molar-refractivity contribution in [3.8, 4) is 0 Å². The van der Waals surface area contributed by atoms with Crippen LogP contribution in [0.3, 0.4) is 0 Å². The molecule has 0 saturated heterocycles. The van der Waals surface area contributed by atoms with E-state index in [2.05, 4.69) is 17.1 Å². The Morgan fingerprint density at radius 3 is 2.62 bits per heavy atom. The summed E-state index contributed by atoms with van der Waals surface area (Å²) in [7, 11) is 1.67. The Hall–Kier alpha value is -0.980. The van der Waals surface area contributed by atoms with Crippen molar-refractivity contribution in [2.75, 3.05) is 20.3 Å². The Bertz CT molecular complexity index is 301. The summed E-state index contributed by atoms with van der Waals surface area (Å²) in [4.78, 5) is 0. The Balaban J connectivity index is 2.62. The average Bonchev–Trinajstić information content (AvgIpc) is 2.69. The van der Waals surface area contributed by atoms with Gasteiger partial charge in [-0.25, -0.2) is 0 Å². The summed E-state index contributed by atoms with van der Waals surface area (Å²) in [5, 5.41) is 8.08. The third-order valence-electron chi connectivity index (χ3n) is 2.19. The molecule has 6 heteroatoms. The molecule has 0 aliphatic rings. The van der Waals surface area contributed by atoms with Gasteiger partial charge in [0.15, 0.2) is 5.82 Å². The zero-order valence-corrected chi connectivity index (χ0v) is 9.98. The van der Waals surface area contributed by atoms with Crippen molar-refractivity contribution < 1.29 is 9.47 Å². The third kappa shape index (κ3) is 3.55. The summed E-state index contributed by atoms with van der Waals surface area (Å²) in [5.41, 5.74) is 5.59. The van der Waals surface area contributed by atoms with Gasteiger partial charge in [0.2, 0.25) is 0 Å². The Morgan fingerprint density at radius 2 is 2.00 bits per heavy atom. The van der Waals surface area contributed by atoms with E-state index in [1.165, 1.54) is 0 Å². The van der Waals surface area contributed by atoms with Crippen LogP contribution in [0, 0.1) is 0 Å².